The summed E-state index contributed by atoms with van der Waals surface area (Å²) in [6.45, 7) is -1.59. The molecule has 16 heavy (non-hydrogen) atoms. The predicted octanol–water partition coefficient (Wildman–Crippen LogP) is -0.868. The minimum Gasteiger partial charge on any atom is -0.394 e. The molecule has 1 aromatic rings. The number of hydrogen-bond donors (Lipinski definition) is 4. The first-order chi connectivity index (χ1) is 7.67. The molecule has 4 N–H and O–H groups in total. The largest absolute Gasteiger partial charge is 0.394 e. The lowest BCUT2D eigenvalue weighted by atomic mass is 10.0. The average Bonchev–Trinajstić information content (AvgIpc) is 2.37. The van der Waals surface area contributed by atoms with E-state index in [4.69, 9.17) is 15.3 Å². The molecule has 0 aliphatic rings. The molecule has 0 saturated heterocycles. The zero-order valence-electron chi connectivity index (χ0n) is 8.76. The highest BCUT2D eigenvalue weighted by Gasteiger charge is 2.30. The Morgan fingerprint density at radius 1 is 1.06 bits per heavy atom. The molecule has 1 amide bonds. The van der Waals surface area contributed by atoms with Gasteiger partial charge in [-0.05, 0) is 12.1 Å². The Balaban J connectivity index is 2.77. The summed E-state index contributed by atoms with van der Waals surface area (Å²) >= 11 is 0. The molecule has 1 aromatic carbocycles. The molecule has 0 saturated carbocycles. The van der Waals surface area contributed by atoms with Crippen LogP contribution in [-0.4, -0.2) is 46.6 Å². The molecule has 88 valence electrons. The topological polar surface area (TPSA) is 89.8 Å². The van der Waals surface area contributed by atoms with Crippen LogP contribution in [0.3, 0.4) is 0 Å². The van der Waals surface area contributed by atoms with E-state index >= 15 is 0 Å². The first-order valence-corrected chi connectivity index (χ1v) is 4.87. The molecule has 0 aliphatic heterocycles. The van der Waals surface area contributed by atoms with Crippen LogP contribution in [0, 0.1) is 0 Å². The normalized spacial score (nSPS) is 11.2. The van der Waals surface area contributed by atoms with Gasteiger partial charge in [0.15, 0.2) is 0 Å². The van der Waals surface area contributed by atoms with Crippen molar-refractivity contribution in [2.75, 3.05) is 19.8 Å². The third-order valence-corrected chi connectivity index (χ3v) is 2.32. The Morgan fingerprint density at radius 2 is 1.56 bits per heavy atom. The predicted molar refractivity (Wildman–Crippen MR) is 57.9 cm³/mol. The third kappa shape index (κ3) is 2.79. The lowest BCUT2D eigenvalue weighted by Crippen LogP contribution is -2.57. The summed E-state index contributed by atoms with van der Waals surface area (Å²) in [6.07, 6.45) is 0. The van der Waals surface area contributed by atoms with Gasteiger partial charge in [-0.15, -0.1) is 0 Å². The first kappa shape index (κ1) is 12.6. The van der Waals surface area contributed by atoms with Crippen LogP contribution in [0.4, 0.5) is 0 Å². The highest BCUT2D eigenvalue weighted by atomic mass is 16.3. The second-order valence-corrected chi connectivity index (χ2v) is 3.57. The zero-order chi connectivity index (χ0) is 12.0. The Morgan fingerprint density at radius 3 is 2.00 bits per heavy atom. The van der Waals surface area contributed by atoms with Crippen molar-refractivity contribution in [1.29, 1.82) is 0 Å². The van der Waals surface area contributed by atoms with E-state index in [1.165, 1.54) is 0 Å². The summed E-state index contributed by atoms with van der Waals surface area (Å²) in [5.41, 5.74) is -0.977. The number of rotatable bonds is 5. The molecule has 0 fully saturated rings. The van der Waals surface area contributed by atoms with Crippen molar-refractivity contribution < 1.29 is 20.1 Å². The summed E-state index contributed by atoms with van der Waals surface area (Å²) in [5.74, 6) is -0.447. The van der Waals surface area contributed by atoms with Gasteiger partial charge in [0, 0.05) is 5.56 Å². The fourth-order valence-electron chi connectivity index (χ4n) is 1.17. The minimum atomic E-state index is -1.38. The van der Waals surface area contributed by atoms with Crippen LogP contribution in [0.25, 0.3) is 0 Å². The van der Waals surface area contributed by atoms with Gasteiger partial charge in [-0.2, -0.15) is 0 Å². The molecular weight excluding hydrogens is 210 g/mol. The van der Waals surface area contributed by atoms with Gasteiger partial charge in [0.05, 0.1) is 19.8 Å². The lowest BCUT2D eigenvalue weighted by molar-refractivity contribution is 0.0375. The van der Waals surface area contributed by atoms with E-state index in [1.807, 2.05) is 0 Å². The van der Waals surface area contributed by atoms with Crippen LogP contribution in [0.1, 0.15) is 10.4 Å². The van der Waals surface area contributed by atoms with E-state index in [1.54, 1.807) is 30.3 Å². The van der Waals surface area contributed by atoms with Gasteiger partial charge in [-0.25, -0.2) is 0 Å². The number of aliphatic hydroxyl groups excluding tert-OH is 3. The van der Waals surface area contributed by atoms with Crippen LogP contribution < -0.4 is 5.32 Å². The summed E-state index contributed by atoms with van der Waals surface area (Å²) in [5, 5.41) is 29.5. The summed E-state index contributed by atoms with van der Waals surface area (Å²) in [4.78, 5) is 11.7. The van der Waals surface area contributed by atoms with Gasteiger partial charge < -0.3 is 20.6 Å². The molecule has 0 spiro atoms. The van der Waals surface area contributed by atoms with E-state index < -0.39 is 31.3 Å². The fourth-order valence-corrected chi connectivity index (χ4v) is 1.17. The van der Waals surface area contributed by atoms with Gasteiger partial charge in [0.25, 0.3) is 5.91 Å². The first-order valence-electron chi connectivity index (χ1n) is 4.87. The number of amides is 1. The number of hydrogen-bond acceptors (Lipinski definition) is 4. The van der Waals surface area contributed by atoms with Crippen molar-refractivity contribution in [2.24, 2.45) is 0 Å². The molecule has 0 aliphatic carbocycles. The molecule has 0 unspecified atom stereocenters. The standard InChI is InChI=1S/C11H15NO4/c13-6-11(7-14,8-15)12-10(16)9-4-2-1-3-5-9/h1-5,13-15H,6-8H2,(H,12,16). The SMILES string of the molecule is O=C(NC(CO)(CO)CO)c1ccccc1. The molecule has 5 heteroatoms. The molecule has 0 bridgehead atoms. The monoisotopic (exact) mass is 225 g/mol. The molecule has 1 rings (SSSR count). The van der Waals surface area contributed by atoms with Crippen LogP contribution >= 0.6 is 0 Å². The summed E-state index contributed by atoms with van der Waals surface area (Å²) < 4.78 is 0. The number of nitrogens with one attached hydrogen (secondary N) is 1. The maximum Gasteiger partial charge on any atom is 0.251 e. The lowest BCUT2D eigenvalue weighted by Gasteiger charge is -2.28. The van der Waals surface area contributed by atoms with Gasteiger partial charge in [0.1, 0.15) is 5.54 Å². The Labute approximate surface area is 93.4 Å². The van der Waals surface area contributed by atoms with Crippen molar-refractivity contribution in [2.45, 2.75) is 5.54 Å². The number of carbonyl (C=O) groups excluding carboxylic acids is 1. The number of carbonyl (C=O) groups is 1. The molecule has 0 heterocycles. The maximum absolute atomic E-state index is 11.7. The third-order valence-electron chi connectivity index (χ3n) is 2.32. The van der Waals surface area contributed by atoms with Crippen molar-refractivity contribution in [3.63, 3.8) is 0 Å². The number of benzene rings is 1. The van der Waals surface area contributed by atoms with E-state index in [-0.39, 0.29) is 0 Å². The highest BCUT2D eigenvalue weighted by molar-refractivity contribution is 5.94. The number of aliphatic hydroxyl groups is 3. The van der Waals surface area contributed by atoms with Gasteiger partial charge >= 0.3 is 0 Å². The Kier molecular flexibility index (Phi) is 4.42. The molecule has 0 radical (unpaired) electrons. The van der Waals surface area contributed by atoms with Gasteiger partial charge in [0.2, 0.25) is 0 Å². The van der Waals surface area contributed by atoms with Gasteiger partial charge in [-0.3, -0.25) is 4.79 Å². The van der Waals surface area contributed by atoms with Crippen LogP contribution in [0.5, 0.6) is 0 Å². The molecule has 0 atom stereocenters. The molecule has 5 nitrogen and oxygen atoms in total. The van der Waals surface area contributed by atoms with Crippen molar-refractivity contribution in [1.82, 2.24) is 5.32 Å². The average molecular weight is 225 g/mol. The van der Waals surface area contributed by atoms with Gasteiger partial charge in [-0.1, -0.05) is 18.2 Å². The van der Waals surface area contributed by atoms with Crippen molar-refractivity contribution in [3.05, 3.63) is 35.9 Å². The Hall–Kier alpha value is -1.43. The highest BCUT2D eigenvalue weighted by Crippen LogP contribution is 2.05. The van der Waals surface area contributed by atoms with E-state index in [0.29, 0.717) is 5.56 Å². The van der Waals surface area contributed by atoms with E-state index in [0.717, 1.165) is 0 Å². The quantitative estimate of drug-likeness (QED) is 0.524. The molecular formula is C11H15NO4. The second-order valence-electron chi connectivity index (χ2n) is 3.57. The summed E-state index contributed by atoms with van der Waals surface area (Å²) in [7, 11) is 0. The second kappa shape index (κ2) is 5.60. The van der Waals surface area contributed by atoms with Crippen molar-refractivity contribution in [3.8, 4) is 0 Å². The maximum atomic E-state index is 11.7. The smallest absolute Gasteiger partial charge is 0.251 e. The Bertz CT molecular complexity index is 327. The van der Waals surface area contributed by atoms with Crippen LogP contribution in [-0.2, 0) is 0 Å². The summed E-state index contributed by atoms with van der Waals surface area (Å²) in [6, 6.07) is 8.38. The minimum absolute atomic E-state index is 0.405. The fraction of sp³-hybridized carbons (Fsp3) is 0.364. The van der Waals surface area contributed by atoms with Crippen molar-refractivity contribution >= 4 is 5.91 Å². The van der Waals surface area contributed by atoms with Crippen LogP contribution in [0.15, 0.2) is 30.3 Å². The van der Waals surface area contributed by atoms with E-state index in [2.05, 4.69) is 5.32 Å². The van der Waals surface area contributed by atoms with E-state index in [9.17, 15) is 4.79 Å². The zero-order valence-corrected chi connectivity index (χ0v) is 8.76. The van der Waals surface area contributed by atoms with Crippen LogP contribution in [0.2, 0.25) is 0 Å². The molecule has 0 aromatic heterocycles.